The normalized spacial score (nSPS) is 19.6. The fraction of sp³-hybridized carbons (Fsp3) is 0.417. The standard InChI is InChI=1S/C12H14FN3O2/c1-2-9-11(17)14-6-7-16(9)12(18)8-4-3-5-10(13)15-8/h3-5,9H,2,6-7H2,1H3,(H,14,17). The molecule has 1 atom stereocenters. The summed E-state index contributed by atoms with van der Waals surface area (Å²) in [5, 5.41) is 2.70. The summed E-state index contributed by atoms with van der Waals surface area (Å²) in [6, 6.07) is 3.55. The van der Waals surface area contributed by atoms with Crippen LogP contribution in [0.1, 0.15) is 23.8 Å². The fourth-order valence-electron chi connectivity index (χ4n) is 2.04. The third-order valence-corrected chi connectivity index (χ3v) is 2.91. The third-order valence-electron chi connectivity index (χ3n) is 2.91. The van der Waals surface area contributed by atoms with Gasteiger partial charge in [0, 0.05) is 13.1 Å². The topological polar surface area (TPSA) is 62.3 Å². The van der Waals surface area contributed by atoms with Crippen LogP contribution in [0.3, 0.4) is 0 Å². The number of carbonyl (C=O) groups excluding carboxylic acids is 2. The molecule has 2 amide bonds. The maximum absolute atomic E-state index is 13.0. The first kappa shape index (κ1) is 12.5. The van der Waals surface area contributed by atoms with Crippen molar-refractivity contribution in [3.63, 3.8) is 0 Å². The zero-order valence-electron chi connectivity index (χ0n) is 10.0. The van der Waals surface area contributed by atoms with Crippen LogP contribution >= 0.6 is 0 Å². The molecule has 1 aliphatic heterocycles. The van der Waals surface area contributed by atoms with E-state index in [9.17, 15) is 14.0 Å². The second kappa shape index (κ2) is 5.12. The van der Waals surface area contributed by atoms with E-state index in [1.807, 2.05) is 6.92 Å². The smallest absolute Gasteiger partial charge is 0.273 e. The van der Waals surface area contributed by atoms with Crippen molar-refractivity contribution in [1.82, 2.24) is 15.2 Å². The van der Waals surface area contributed by atoms with Crippen molar-refractivity contribution in [2.75, 3.05) is 13.1 Å². The van der Waals surface area contributed by atoms with Gasteiger partial charge in [-0.1, -0.05) is 13.0 Å². The molecule has 0 spiro atoms. The van der Waals surface area contributed by atoms with E-state index in [2.05, 4.69) is 10.3 Å². The Bertz CT molecular complexity index is 478. The van der Waals surface area contributed by atoms with Crippen molar-refractivity contribution in [2.24, 2.45) is 0 Å². The van der Waals surface area contributed by atoms with Crippen molar-refractivity contribution in [3.05, 3.63) is 29.8 Å². The molecule has 1 saturated heterocycles. The minimum Gasteiger partial charge on any atom is -0.353 e. The number of piperazine rings is 1. The van der Waals surface area contributed by atoms with Crippen LogP contribution in [-0.2, 0) is 4.79 Å². The van der Waals surface area contributed by atoms with Gasteiger partial charge in [0.15, 0.2) is 0 Å². The highest BCUT2D eigenvalue weighted by Crippen LogP contribution is 2.12. The summed E-state index contributed by atoms with van der Waals surface area (Å²) in [7, 11) is 0. The maximum Gasteiger partial charge on any atom is 0.273 e. The Morgan fingerprint density at radius 1 is 1.61 bits per heavy atom. The predicted octanol–water partition coefficient (Wildman–Crippen LogP) is 0.571. The van der Waals surface area contributed by atoms with Gasteiger partial charge in [0.25, 0.3) is 5.91 Å². The molecule has 96 valence electrons. The minimum atomic E-state index is -0.699. The van der Waals surface area contributed by atoms with Gasteiger partial charge in [-0.15, -0.1) is 0 Å². The average Bonchev–Trinajstić information content (AvgIpc) is 2.37. The summed E-state index contributed by atoms with van der Waals surface area (Å²) < 4.78 is 13.0. The summed E-state index contributed by atoms with van der Waals surface area (Å²) in [6.07, 6.45) is 0.521. The van der Waals surface area contributed by atoms with Crippen LogP contribution in [0.15, 0.2) is 18.2 Å². The van der Waals surface area contributed by atoms with Crippen LogP contribution < -0.4 is 5.32 Å². The zero-order chi connectivity index (χ0) is 13.1. The van der Waals surface area contributed by atoms with Gasteiger partial charge in [-0.25, -0.2) is 4.98 Å². The van der Waals surface area contributed by atoms with Crippen LogP contribution in [0.25, 0.3) is 0 Å². The van der Waals surface area contributed by atoms with Crippen LogP contribution in [-0.4, -0.2) is 40.8 Å². The number of pyridine rings is 1. The lowest BCUT2D eigenvalue weighted by Crippen LogP contribution is -2.57. The average molecular weight is 251 g/mol. The van der Waals surface area contributed by atoms with E-state index in [1.54, 1.807) is 0 Å². The Balaban J connectivity index is 2.24. The minimum absolute atomic E-state index is 0.0307. The highest BCUT2D eigenvalue weighted by Gasteiger charge is 2.32. The first-order valence-corrected chi connectivity index (χ1v) is 5.84. The van der Waals surface area contributed by atoms with Crippen molar-refractivity contribution in [3.8, 4) is 0 Å². The molecule has 2 heterocycles. The zero-order valence-corrected chi connectivity index (χ0v) is 10.0. The van der Waals surface area contributed by atoms with Gasteiger partial charge < -0.3 is 10.2 Å². The van der Waals surface area contributed by atoms with Gasteiger partial charge in [0.05, 0.1) is 0 Å². The molecule has 0 aromatic carbocycles. The van der Waals surface area contributed by atoms with E-state index in [1.165, 1.54) is 23.1 Å². The molecule has 1 N–H and O–H groups in total. The Labute approximate surface area is 104 Å². The second-order valence-electron chi connectivity index (χ2n) is 4.06. The predicted molar refractivity (Wildman–Crippen MR) is 62.3 cm³/mol. The molecule has 1 aromatic heterocycles. The molecule has 0 aliphatic carbocycles. The van der Waals surface area contributed by atoms with Gasteiger partial charge in [-0.3, -0.25) is 9.59 Å². The van der Waals surface area contributed by atoms with Crippen LogP contribution in [0.5, 0.6) is 0 Å². The Hall–Kier alpha value is -1.98. The number of amides is 2. The number of hydrogen-bond acceptors (Lipinski definition) is 3. The summed E-state index contributed by atoms with van der Waals surface area (Å²) in [5.74, 6) is -1.28. The quantitative estimate of drug-likeness (QED) is 0.782. The molecule has 1 unspecified atom stereocenters. The fourth-order valence-corrected chi connectivity index (χ4v) is 2.04. The first-order chi connectivity index (χ1) is 8.63. The van der Waals surface area contributed by atoms with Gasteiger partial charge >= 0.3 is 0 Å². The molecule has 0 bridgehead atoms. The number of halogens is 1. The molecule has 2 rings (SSSR count). The molecule has 1 aromatic rings. The van der Waals surface area contributed by atoms with E-state index in [4.69, 9.17) is 0 Å². The Morgan fingerprint density at radius 3 is 3.06 bits per heavy atom. The molecule has 0 radical (unpaired) electrons. The van der Waals surface area contributed by atoms with E-state index in [0.717, 1.165) is 0 Å². The van der Waals surface area contributed by atoms with Crippen LogP contribution in [0, 0.1) is 5.95 Å². The molecule has 1 fully saturated rings. The van der Waals surface area contributed by atoms with Gasteiger partial charge in [0.1, 0.15) is 11.7 Å². The monoisotopic (exact) mass is 251 g/mol. The summed E-state index contributed by atoms with van der Waals surface area (Å²) in [4.78, 5) is 28.8. The van der Waals surface area contributed by atoms with Crippen molar-refractivity contribution in [2.45, 2.75) is 19.4 Å². The number of carbonyl (C=O) groups is 2. The largest absolute Gasteiger partial charge is 0.353 e. The molecular formula is C12H14FN3O2. The third kappa shape index (κ3) is 2.32. The highest BCUT2D eigenvalue weighted by molar-refractivity contribution is 5.96. The van der Waals surface area contributed by atoms with Crippen LogP contribution in [0.2, 0.25) is 0 Å². The summed E-state index contributed by atoms with van der Waals surface area (Å²) in [5.41, 5.74) is 0.0307. The van der Waals surface area contributed by atoms with Crippen molar-refractivity contribution in [1.29, 1.82) is 0 Å². The number of rotatable bonds is 2. The number of aromatic nitrogens is 1. The molecule has 1 aliphatic rings. The Kier molecular flexibility index (Phi) is 3.55. The first-order valence-electron chi connectivity index (χ1n) is 5.84. The maximum atomic E-state index is 13.0. The van der Waals surface area contributed by atoms with E-state index in [0.29, 0.717) is 19.5 Å². The molecule has 18 heavy (non-hydrogen) atoms. The van der Waals surface area contributed by atoms with Gasteiger partial charge in [-0.2, -0.15) is 4.39 Å². The highest BCUT2D eigenvalue weighted by atomic mass is 19.1. The number of nitrogens with one attached hydrogen (secondary N) is 1. The number of nitrogens with zero attached hydrogens (tertiary/aromatic N) is 2. The second-order valence-corrected chi connectivity index (χ2v) is 4.06. The van der Waals surface area contributed by atoms with E-state index < -0.39 is 17.9 Å². The van der Waals surface area contributed by atoms with Crippen molar-refractivity contribution < 1.29 is 14.0 Å². The SMILES string of the molecule is CCC1C(=O)NCCN1C(=O)c1cccc(F)n1. The molecule has 5 nitrogen and oxygen atoms in total. The lowest BCUT2D eigenvalue weighted by atomic mass is 10.1. The summed E-state index contributed by atoms with van der Waals surface area (Å²) >= 11 is 0. The summed E-state index contributed by atoms with van der Waals surface area (Å²) in [6.45, 7) is 2.66. The van der Waals surface area contributed by atoms with E-state index in [-0.39, 0.29) is 11.6 Å². The lowest BCUT2D eigenvalue weighted by Gasteiger charge is -2.34. The molecule has 0 saturated carbocycles. The van der Waals surface area contributed by atoms with Crippen LogP contribution in [0.4, 0.5) is 4.39 Å². The van der Waals surface area contributed by atoms with E-state index >= 15 is 0 Å². The molecular weight excluding hydrogens is 237 g/mol. The molecule has 6 heteroatoms. The number of hydrogen-bond donors (Lipinski definition) is 1. The lowest BCUT2D eigenvalue weighted by molar-refractivity contribution is -0.127. The Morgan fingerprint density at radius 2 is 2.39 bits per heavy atom. The van der Waals surface area contributed by atoms with Gasteiger partial charge in [0.2, 0.25) is 11.9 Å². The van der Waals surface area contributed by atoms with Gasteiger partial charge in [-0.05, 0) is 18.6 Å². The van der Waals surface area contributed by atoms with Crippen molar-refractivity contribution >= 4 is 11.8 Å².